The summed E-state index contributed by atoms with van der Waals surface area (Å²) in [6.07, 6.45) is 1.49. The molecule has 0 aliphatic carbocycles. The molecule has 2 aromatic rings. The van der Waals surface area contributed by atoms with Crippen LogP contribution in [0.15, 0.2) is 54.6 Å². The van der Waals surface area contributed by atoms with Gasteiger partial charge in [-0.25, -0.2) is 4.79 Å². The highest BCUT2D eigenvalue weighted by molar-refractivity contribution is 5.86. The van der Waals surface area contributed by atoms with Crippen molar-refractivity contribution in [2.45, 2.75) is 77.2 Å². The monoisotopic (exact) mass is 496 g/mol. The minimum Gasteiger partial charge on any atom is -0.444 e. The minimum absolute atomic E-state index is 0.257. The highest BCUT2D eigenvalue weighted by Crippen LogP contribution is 2.29. The zero-order valence-electron chi connectivity index (χ0n) is 21.8. The molecule has 1 aliphatic heterocycles. The van der Waals surface area contributed by atoms with Crippen molar-refractivity contribution in [3.63, 3.8) is 0 Å². The molecule has 3 N–H and O–H groups in total. The second kappa shape index (κ2) is 12.4. The third kappa shape index (κ3) is 7.80. The maximum Gasteiger partial charge on any atom is 0.410 e. The van der Waals surface area contributed by atoms with Gasteiger partial charge in [0.15, 0.2) is 0 Å². The summed E-state index contributed by atoms with van der Waals surface area (Å²) in [6, 6.07) is 15.7. The topological polar surface area (TPSA) is 99.1 Å². The van der Waals surface area contributed by atoms with Crippen LogP contribution in [0, 0.1) is 12.8 Å². The molecule has 0 radical (unpaired) electrons. The number of piperidine rings is 1. The van der Waals surface area contributed by atoms with E-state index in [0.717, 1.165) is 19.3 Å². The number of benzene rings is 2. The third-order valence-electron chi connectivity index (χ3n) is 6.65. The SMILES string of the molecule is Cc1ccc(CCC2CCN(C(=O)OC(C)(C)C)C(C(=O)N[C@@H](CO)[C@@H](O)c3ccccc3)C2)cc1. The first-order chi connectivity index (χ1) is 17.1. The standard InChI is InChI=1S/C29H40N2O5/c1-20-10-12-21(13-11-20)14-15-22-16-17-31(28(35)36-29(2,3)4)25(18-22)27(34)30-24(19-32)26(33)23-8-6-5-7-9-23/h5-13,22,24-26,32-33H,14-19H2,1-4H3,(H,30,34)/t22?,24-,25?,26-/m0/s1. The first-order valence-corrected chi connectivity index (χ1v) is 12.8. The lowest BCUT2D eigenvalue weighted by Crippen LogP contribution is -2.57. The summed E-state index contributed by atoms with van der Waals surface area (Å²) in [5.74, 6) is -0.137. The maximum atomic E-state index is 13.5. The first-order valence-electron chi connectivity index (χ1n) is 12.8. The summed E-state index contributed by atoms with van der Waals surface area (Å²) in [5.41, 5.74) is 2.39. The van der Waals surface area contributed by atoms with Crippen LogP contribution in [0.25, 0.3) is 0 Å². The molecule has 2 amide bonds. The molecule has 1 aliphatic rings. The number of nitrogens with one attached hydrogen (secondary N) is 1. The van der Waals surface area contributed by atoms with E-state index in [1.807, 2.05) is 6.07 Å². The largest absolute Gasteiger partial charge is 0.444 e. The van der Waals surface area contributed by atoms with Crippen molar-refractivity contribution in [1.29, 1.82) is 0 Å². The third-order valence-corrected chi connectivity index (χ3v) is 6.65. The van der Waals surface area contributed by atoms with Gasteiger partial charge >= 0.3 is 6.09 Å². The van der Waals surface area contributed by atoms with Gasteiger partial charge in [0.05, 0.1) is 12.6 Å². The van der Waals surface area contributed by atoms with Crippen LogP contribution >= 0.6 is 0 Å². The molecule has 7 heteroatoms. The number of carbonyl (C=O) groups excluding carboxylic acids is 2. The van der Waals surface area contributed by atoms with Crippen LogP contribution in [0.1, 0.15) is 62.8 Å². The Balaban J connectivity index is 1.72. The fourth-order valence-corrected chi connectivity index (χ4v) is 4.60. The Labute approximate surface area is 214 Å². The number of ether oxygens (including phenoxy) is 1. The molecule has 36 heavy (non-hydrogen) atoms. The van der Waals surface area contributed by atoms with E-state index in [-0.39, 0.29) is 5.92 Å². The number of hydrogen-bond acceptors (Lipinski definition) is 5. The van der Waals surface area contributed by atoms with E-state index >= 15 is 0 Å². The van der Waals surface area contributed by atoms with Gasteiger partial charge < -0.3 is 20.3 Å². The molecule has 0 spiro atoms. The van der Waals surface area contributed by atoms with E-state index in [4.69, 9.17) is 4.74 Å². The highest BCUT2D eigenvalue weighted by Gasteiger charge is 2.39. The normalized spacial score (nSPS) is 19.9. The second-order valence-electron chi connectivity index (χ2n) is 10.8. The summed E-state index contributed by atoms with van der Waals surface area (Å²) in [5, 5.41) is 23.5. The molecule has 0 aromatic heterocycles. The Hall–Kier alpha value is -2.90. The molecule has 0 bridgehead atoms. The van der Waals surface area contributed by atoms with Crippen LogP contribution in [-0.2, 0) is 16.0 Å². The summed E-state index contributed by atoms with van der Waals surface area (Å²) in [4.78, 5) is 27.9. The van der Waals surface area contributed by atoms with Crippen molar-refractivity contribution in [1.82, 2.24) is 10.2 Å². The van der Waals surface area contributed by atoms with Gasteiger partial charge in [0.25, 0.3) is 0 Å². The maximum absolute atomic E-state index is 13.5. The van der Waals surface area contributed by atoms with Crippen LogP contribution in [0.3, 0.4) is 0 Å². The van der Waals surface area contributed by atoms with E-state index < -0.39 is 42.4 Å². The zero-order valence-corrected chi connectivity index (χ0v) is 21.8. The number of aliphatic hydroxyl groups is 2. The quantitative estimate of drug-likeness (QED) is 0.510. The minimum atomic E-state index is -1.07. The van der Waals surface area contributed by atoms with Crippen LogP contribution in [0.5, 0.6) is 0 Å². The smallest absolute Gasteiger partial charge is 0.410 e. The zero-order chi connectivity index (χ0) is 26.3. The van der Waals surface area contributed by atoms with Crippen molar-refractivity contribution in [3.8, 4) is 0 Å². The molecule has 1 heterocycles. The number of hydrogen-bond donors (Lipinski definition) is 3. The lowest BCUT2D eigenvalue weighted by molar-refractivity contribution is -0.130. The number of nitrogens with zero attached hydrogens (tertiary/aromatic N) is 1. The molecule has 4 atom stereocenters. The Morgan fingerprint density at radius 3 is 2.39 bits per heavy atom. The molecule has 0 saturated carbocycles. The van der Waals surface area contributed by atoms with Gasteiger partial charge in [-0.3, -0.25) is 9.69 Å². The number of aliphatic hydroxyl groups excluding tert-OH is 2. The number of likely N-dealkylation sites (tertiary alicyclic amines) is 1. The average molecular weight is 497 g/mol. The van der Waals surface area contributed by atoms with Crippen LogP contribution < -0.4 is 5.32 Å². The Kier molecular flexibility index (Phi) is 9.51. The Morgan fingerprint density at radius 2 is 1.78 bits per heavy atom. The molecular weight excluding hydrogens is 456 g/mol. The second-order valence-corrected chi connectivity index (χ2v) is 10.8. The van der Waals surface area contributed by atoms with Crippen molar-refractivity contribution in [2.75, 3.05) is 13.2 Å². The number of carbonyl (C=O) groups is 2. The number of rotatable bonds is 8. The molecule has 7 nitrogen and oxygen atoms in total. The first kappa shape index (κ1) is 27.7. The van der Waals surface area contributed by atoms with Gasteiger partial charge in [-0.1, -0.05) is 60.2 Å². The number of amides is 2. The van der Waals surface area contributed by atoms with E-state index in [2.05, 4.69) is 36.5 Å². The van der Waals surface area contributed by atoms with E-state index in [0.29, 0.717) is 18.5 Å². The summed E-state index contributed by atoms with van der Waals surface area (Å²) in [7, 11) is 0. The van der Waals surface area contributed by atoms with Gasteiger partial charge in [-0.15, -0.1) is 0 Å². The van der Waals surface area contributed by atoms with Gasteiger partial charge in [0.2, 0.25) is 5.91 Å². The molecule has 3 rings (SSSR count). The van der Waals surface area contributed by atoms with Crippen LogP contribution in [0.2, 0.25) is 0 Å². The fraction of sp³-hybridized carbons (Fsp3) is 0.517. The lowest BCUT2D eigenvalue weighted by atomic mass is 9.86. The van der Waals surface area contributed by atoms with Gasteiger partial charge in [0, 0.05) is 6.54 Å². The van der Waals surface area contributed by atoms with E-state index in [9.17, 15) is 19.8 Å². The van der Waals surface area contributed by atoms with Crippen molar-refractivity contribution in [2.24, 2.45) is 5.92 Å². The Bertz CT molecular complexity index is 987. The van der Waals surface area contributed by atoms with Gasteiger partial charge in [-0.2, -0.15) is 0 Å². The lowest BCUT2D eigenvalue weighted by Gasteiger charge is -2.40. The van der Waals surface area contributed by atoms with Crippen molar-refractivity contribution < 1.29 is 24.5 Å². The molecule has 196 valence electrons. The summed E-state index contributed by atoms with van der Waals surface area (Å²) in [6.45, 7) is 7.44. The summed E-state index contributed by atoms with van der Waals surface area (Å²) < 4.78 is 5.59. The van der Waals surface area contributed by atoms with Crippen molar-refractivity contribution >= 4 is 12.0 Å². The predicted octanol–water partition coefficient (Wildman–Crippen LogP) is 4.15. The molecule has 2 unspecified atom stereocenters. The molecule has 2 aromatic carbocycles. The van der Waals surface area contributed by atoms with E-state index in [1.54, 1.807) is 45.0 Å². The van der Waals surface area contributed by atoms with Gasteiger partial charge in [-0.05, 0) is 70.4 Å². The molecule has 1 saturated heterocycles. The predicted molar refractivity (Wildman–Crippen MR) is 139 cm³/mol. The summed E-state index contributed by atoms with van der Waals surface area (Å²) >= 11 is 0. The van der Waals surface area contributed by atoms with Crippen LogP contribution in [0.4, 0.5) is 4.79 Å². The molecular formula is C29H40N2O5. The number of aryl methyl sites for hydroxylation is 2. The fourth-order valence-electron chi connectivity index (χ4n) is 4.60. The van der Waals surface area contributed by atoms with Gasteiger partial charge in [0.1, 0.15) is 17.7 Å². The van der Waals surface area contributed by atoms with E-state index in [1.165, 1.54) is 16.0 Å². The van der Waals surface area contributed by atoms with Crippen molar-refractivity contribution in [3.05, 3.63) is 71.3 Å². The Morgan fingerprint density at radius 1 is 1.11 bits per heavy atom. The van der Waals surface area contributed by atoms with Crippen LogP contribution in [-0.4, -0.2) is 57.9 Å². The molecule has 1 fully saturated rings. The highest BCUT2D eigenvalue weighted by atomic mass is 16.6. The average Bonchev–Trinajstić information content (AvgIpc) is 2.85.